The molecule has 0 aliphatic heterocycles. The molecule has 2 aromatic rings. The van der Waals surface area contributed by atoms with Gasteiger partial charge in [0.05, 0.1) is 19.2 Å². The minimum absolute atomic E-state index is 0.219. The molecule has 0 saturated heterocycles. The molecule has 0 spiro atoms. The summed E-state index contributed by atoms with van der Waals surface area (Å²) in [4.78, 5) is 25.3. The highest BCUT2D eigenvalue weighted by atomic mass is 19.4. The minimum atomic E-state index is -4.46. The SMILES string of the molecule is COc1cccc(NC(=O)CN(C)C(=O)/C=C/c2cccc(C(F)(F)F)c2)c1. The van der Waals surface area contributed by atoms with Crippen LogP contribution in [0, 0.1) is 0 Å². The fraction of sp³-hybridized carbons (Fsp3) is 0.200. The van der Waals surface area contributed by atoms with E-state index in [9.17, 15) is 22.8 Å². The first-order valence-corrected chi connectivity index (χ1v) is 8.23. The van der Waals surface area contributed by atoms with Crippen molar-refractivity contribution in [2.24, 2.45) is 0 Å². The molecule has 0 unspecified atom stereocenters. The summed E-state index contributed by atoms with van der Waals surface area (Å²) in [6, 6.07) is 11.4. The van der Waals surface area contributed by atoms with E-state index in [1.807, 2.05) is 0 Å². The Hall–Kier alpha value is -3.29. The first-order chi connectivity index (χ1) is 13.2. The zero-order valence-corrected chi connectivity index (χ0v) is 15.3. The average molecular weight is 392 g/mol. The van der Waals surface area contributed by atoms with Gasteiger partial charge in [0, 0.05) is 24.9 Å². The third-order valence-corrected chi connectivity index (χ3v) is 3.74. The molecule has 0 bridgehead atoms. The van der Waals surface area contributed by atoms with E-state index in [0.29, 0.717) is 11.4 Å². The van der Waals surface area contributed by atoms with Crippen molar-refractivity contribution in [3.8, 4) is 5.75 Å². The molecule has 2 aromatic carbocycles. The number of anilines is 1. The monoisotopic (exact) mass is 392 g/mol. The standard InChI is InChI=1S/C20H19F3N2O3/c1-25(13-18(26)24-16-7-4-8-17(12-16)28-2)19(27)10-9-14-5-3-6-15(11-14)20(21,22)23/h3-12H,13H2,1-2H3,(H,24,26)/b10-9+. The number of amides is 2. The maximum Gasteiger partial charge on any atom is 0.416 e. The normalized spacial score (nSPS) is 11.3. The third kappa shape index (κ3) is 6.15. The molecular weight excluding hydrogens is 373 g/mol. The van der Waals surface area contributed by atoms with Crippen LogP contribution in [-0.2, 0) is 15.8 Å². The van der Waals surface area contributed by atoms with Crippen molar-refractivity contribution in [3.63, 3.8) is 0 Å². The lowest BCUT2D eigenvalue weighted by atomic mass is 10.1. The van der Waals surface area contributed by atoms with Crippen molar-refractivity contribution in [2.45, 2.75) is 6.18 Å². The van der Waals surface area contributed by atoms with Gasteiger partial charge in [-0.3, -0.25) is 9.59 Å². The molecule has 0 saturated carbocycles. The molecule has 0 heterocycles. The number of carbonyl (C=O) groups is 2. The Bertz CT molecular complexity index is 879. The number of hydrogen-bond donors (Lipinski definition) is 1. The molecule has 2 rings (SSSR count). The highest BCUT2D eigenvalue weighted by Crippen LogP contribution is 2.29. The highest BCUT2D eigenvalue weighted by molar-refractivity contribution is 5.98. The number of benzene rings is 2. The van der Waals surface area contributed by atoms with Crippen molar-refractivity contribution in [1.82, 2.24) is 4.90 Å². The molecule has 0 aliphatic rings. The minimum Gasteiger partial charge on any atom is -0.497 e. The second-order valence-corrected chi connectivity index (χ2v) is 5.93. The second kappa shape index (κ2) is 9.07. The van der Waals surface area contributed by atoms with Crippen LogP contribution in [0.5, 0.6) is 5.75 Å². The number of nitrogens with one attached hydrogen (secondary N) is 1. The number of methoxy groups -OCH3 is 1. The number of hydrogen-bond acceptors (Lipinski definition) is 3. The summed E-state index contributed by atoms with van der Waals surface area (Å²) >= 11 is 0. The predicted octanol–water partition coefficient (Wildman–Crippen LogP) is 3.82. The van der Waals surface area contributed by atoms with Gasteiger partial charge in [0.2, 0.25) is 11.8 Å². The Morgan fingerprint density at radius 2 is 1.86 bits per heavy atom. The molecule has 28 heavy (non-hydrogen) atoms. The van der Waals surface area contributed by atoms with E-state index in [4.69, 9.17) is 4.74 Å². The third-order valence-electron chi connectivity index (χ3n) is 3.74. The van der Waals surface area contributed by atoms with Crippen molar-refractivity contribution in [1.29, 1.82) is 0 Å². The lowest BCUT2D eigenvalue weighted by Crippen LogP contribution is -2.33. The van der Waals surface area contributed by atoms with Crippen molar-refractivity contribution in [3.05, 3.63) is 65.7 Å². The maximum absolute atomic E-state index is 12.7. The number of carbonyl (C=O) groups excluding carboxylic acids is 2. The fourth-order valence-corrected chi connectivity index (χ4v) is 2.31. The van der Waals surface area contributed by atoms with Crippen LogP contribution in [0.25, 0.3) is 6.08 Å². The van der Waals surface area contributed by atoms with Crippen molar-refractivity contribution in [2.75, 3.05) is 26.0 Å². The number of ether oxygens (including phenoxy) is 1. The highest BCUT2D eigenvalue weighted by Gasteiger charge is 2.30. The van der Waals surface area contributed by atoms with Gasteiger partial charge in [-0.1, -0.05) is 18.2 Å². The van der Waals surface area contributed by atoms with Crippen LogP contribution >= 0.6 is 0 Å². The van der Waals surface area contributed by atoms with Gasteiger partial charge in [0.15, 0.2) is 0 Å². The summed E-state index contributed by atoms with van der Waals surface area (Å²) in [5, 5.41) is 2.64. The van der Waals surface area contributed by atoms with E-state index in [0.717, 1.165) is 23.1 Å². The zero-order chi connectivity index (χ0) is 20.7. The number of rotatable bonds is 6. The molecule has 1 N–H and O–H groups in total. The Morgan fingerprint density at radius 3 is 2.54 bits per heavy atom. The van der Waals surface area contributed by atoms with E-state index < -0.39 is 23.6 Å². The Balaban J connectivity index is 1.95. The molecular formula is C20H19F3N2O3. The van der Waals surface area contributed by atoms with E-state index in [-0.39, 0.29) is 12.1 Å². The second-order valence-electron chi connectivity index (χ2n) is 5.93. The summed E-state index contributed by atoms with van der Waals surface area (Å²) in [6.45, 7) is -0.219. The van der Waals surface area contributed by atoms with Crippen LogP contribution in [-0.4, -0.2) is 37.4 Å². The first kappa shape index (κ1) is 21.0. The summed E-state index contributed by atoms with van der Waals surface area (Å²) in [7, 11) is 2.92. The summed E-state index contributed by atoms with van der Waals surface area (Å²) in [6.07, 6.45) is -2.06. The summed E-state index contributed by atoms with van der Waals surface area (Å²) < 4.78 is 43.2. The maximum atomic E-state index is 12.7. The lowest BCUT2D eigenvalue weighted by Gasteiger charge is -2.15. The molecule has 0 aromatic heterocycles. The molecule has 5 nitrogen and oxygen atoms in total. The van der Waals surface area contributed by atoms with Crippen LogP contribution in [0.4, 0.5) is 18.9 Å². The van der Waals surface area contributed by atoms with Crippen molar-refractivity contribution >= 4 is 23.6 Å². The predicted molar refractivity (Wildman–Crippen MR) is 99.7 cm³/mol. The van der Waals surface area contributed by atoms with E-state index >= 15 is 0 Å². The van der Waals surface area contributed by atoms with Crippen molar-refractivity contribution < 1.29 is 27.5 Å². The van der Waals surface area contributed by atoms with Gasteiger partial charge >= 0.3 is 6.18 Å². The molecule has 0 radical (unpaired) electrons. The quantitative estimate of drug-likeness (QED) is 0.761. The Kier molecular flexibility index (Phi) is 6.81. The van der Waals surface area contributed by atoms with Crippen LogP contribution in [0.1, 0.15) is 11.1 Å². The topological polar surface area (TPSA) is 58.6 Å². The number of likely N-dealkylation sites (N-methyl/N-ethyl adjacent to an activating group) is 1. The van der Waals surface area contributed by atoms with Gasteiger partial charge in [-0.05, 0) is 35.9 Å². The van der Waals surface area contributed by atoms with Gasteiger partial charge in [0.1, 0.15) is 5.75 Å². The molecule has 148 valence electrons. The van der Waals surface area contributed by atoms with Crippen LogP contribution in [0.3, 0.4) is 0 Å². The fourth-order valence-electron chi connectivity index (χ4n) is 2.31. The summed E-state index contributed by atoms with van der Waals surface area (Å²) in [5.74, 6) is -0.360. The smallest absolute Gasteiger partial charge is 0.416 e. The number of nitrogens with zero attached hydrogens (tertiary/aromatic N) is 1. The molecule has 0 atom stereocenters. The molecule has 2 amide bonds. The van der Waals surface area contributed by atoms with Gasteiger partial charge in [0.25, 0.3) is 0 Å². The van der Waals surface area contributed by atoms with E-state index in [1.165, 1.54) is 32.4 Å². The van der Waals surface area contributed by atoms with E-state index in [1.54, 1.807) is 24.3 Å². The largest absolute Gasteiger partial charge is 0.497 e. The number of alkyl halides is 3. The van der Waals surface area contributed by atoms with Crippen LogP contribution < -0.4 is 10.1 Å². The first-order valence-electron chi connectivity index (χ1n) is 8.23. The average Bonchev–Trinajstić information content (AvgIpc) is 2.65. The molecule has 0 aliphatic carbocycles. The molecule has 8 heteroatoms. The Labute approximate surface area is 160 Å². The van der Waals surface area contributed by atoms with Crippen LogP contribution in [0.2, 0.25) is 0 Å². The van der Waals surface area contributed by atoms with Gasteiger partial charge < -0.3 is 15.0 Å². The van der Waals surface area contributed by atoms with Gasteiger partial charge in [-0.25, -0.2) is 0 Å². The van der Waals surface area contributed by atoms with E-state index in [2.05, 4.69) is 5.32 Å². The zero-order valence-electron chi connectivity index (χ0n) is 15.3. The lowest BCUT2D eigenvalue weighted by molar-refractivity contribution is -0.137. The van der Waals surface area contributed by atoms with Gasteiger partial charge in [-0.15, -0.1) is 0 Å². The Morgan fingerprint density at radius 1 is 1.14 bits per heavy atom. The number of halogens is 3. The molecule has 0 fully saturated rings. The van der Waals surface area contributed by atoms with Gasteiger partial charge in [-0.2, -0.15) is 13.2 Å². The summed E-state index contributed by atoms with van der Waals surface area (Å²) in [5.41, 5.74) is -0.0461. The van der Waals surface area contributed by atoms with Crippen LogP contribution in [0.15, 0.2) is 54.6 Å².